The van der Waals surface area contributed by atoms with Crippen molar-refractivity contribution >= 4 is 38.6 Å². The molecule has 2 nitrogen and oxygen atoms in total. The molecule has 2 N–H and O–H groups in total. The lowest BCUT2D eigenvalue weighted by molar-refractivity contribution is 0.786. The van der Waals surface area contributed by atoms with E-state index in [1.807, 2.05) is 12.1 Å². The second kappa shape index (κ2) is 12.1. The van der Waals surface area contributed by atoms with Crippen molar-refractivity contribution in [2.75, 3.05) is 17.2 Å². The van der Waals surface area contributed by atoms with Gasteiger partial charge in [-0.25, -0.2) is 0 Å². The first-order chi connectivity index (χ1) is 21.7. The summed E-state index contributed by atoms with van der Waals surface area (Å²) in [5.41, 5.74) is 16.9. The average molecular weight is 569 g/mol. The standard InChI is InChI=1S/C42H36N2/c1-2-3-29-44(40-24-14-13-23-39(40)43)32-27-25-31(26-28-32)41-35-19-9-11-21-37(35)42(38-22-12-10-20-36(38)41)34-18-8-7-17-33(34)30-15-5-4-6-16-30/h4-28H,2-3,29,43H2,1H3. The molecule has 0 aliphatic rings. The lowest BCUT2D eigenvalue weighted by Crippen LogP contribution is -2.19. The summed E-state index contributed by atoms with van der Waals surface area (Å²) in [4.78, 5) is 2.35. The van der Waals surface area contributed by atoms with Gasteiger partial charge in [0.15, 0.2) is 0 Å². The van der Waals surface area contributed by atoms with E-state index in [2.05, 4.69) is 151 Å². The number of nitrogens with two attached hydrogens (primary N) is 1. The van der Waals surface area contributed by atoms with Gasteiger partial charge >= 0.3 is 0 Å². The quantitative estimate of drug-likeness (QED) is 0.146. The third-order valence-electron chi connectivity index (χ3n) is 8.64. The molecule has 7 aromatic carbocycles. The van der Waals surface area contributed by atoms with Gasteiger partial charge in [0, 0.05) is 12.2 Å². The van der Waals surface area contributed by atoms with Gasteiger partial charge in [0.1, 0.15) is 0 Å². The molecule has 0 spiro atoms. The van der Waals surface area contributed by atoms with E-state index >= 15 is 0 Å². The molecule has 0 aliphatic carbocycles. The van der Waals surface area contributed by atoms with Crippen molar-refractivity contribution < 1.29 is 0 Å². The highest BCUT2D eigenvalue weighted by Crippen LogP contribution is 2.46. The van der Waals surface area contributed by atoms with E-state index in [-0.39, 0.29) is 0 Å². The van der Waals surface area contributed by atoms with Crippen molar-refractivity contribution in [3.63, 3.8) is 0 Å². The zero-order valence-electron chi connectivity index (χ0n) is 25.1. The Morgan fingerprint density at radius 3 is 1.61 bits per heavy atom. The van der Waals surface area contributed by atoms with Crippen molar-refractivity contribution in [1.82, 2.24) is 0 Å². The van der Waals surface area contributed by atoms with Crippen molar-refractivity contribution in [3.05, 3.63) is 152 Å². The number of hydrogen-bond acceptors (Lipinski definition) is 2. The highest BCUT2D eigenvalue weighted by atomic mass is 15.1. The Balaban J connectivity index is 1.42. The second-order valence-corrected chi connectivity index (χ2v) is 11.4. The molecule has 0 atom stereocenters. The number of para-hydroxylation sites is 2. The number of anilines is 3. The number of hydrogen-bond donors (Lipinski definition) is 1. The van der Waals surface area contributed by atoms with Crippen LogP contribution in [0, 0.1) is 0 Å². The lowest BCUT2D eigenvalue weighted by atomic mass is 9.84. The van der Waals surface area contributed by atoms with Crippen LogP contribution < -0.4 is 10.6 Å². The highest BCUT2D eigenvalue weighted by molar-refractivity contribution is 6.22. The maximum Gasteiger partial charge on any atom is 0.0644 e. The Kier molecular flexibility index (Phi) is 7.56. The molecule has 0 aliphatic heterocycles. The van der Waals surface area contributed by atoms with Gasteiger partial charge in [0.05, 0.1) is 11.4 Å². The van der Waals surface area contributed by atoms with Gasteiger partial charge < -0.3 is 10.6 Å². The molecule has 0 aromatic heterocycles. The van der Waals surface area contributed by atoms with Crippen LogP contribution in [-0.2, 0) is 0 Å². The summed E-state index contributed by atoms with van der Waals surface area (Å²) in [5.74, 6) is 0. The van der Waals surface area contributed by atoms with E-state index < -0.39 is 0 Å². The molecule has 0 heterocycles. The number of rotatable bonds is 8. The molecule has 0 bridgehead atoms. The van der Waals surface area contributed by atoms with E-state index in [1.165, 1.54) is 54.9 Å². The maximum absolute atomic E-state index is 6.44. The van der Waals surface area contributed by atoms with E-state index in [1.54, 1.807) is 0 Å². The molecule has 7 aromatic rings. The van der Waals surface area contributed by atoms with E-state index in [4.69, 9.17) is 5.73 Å². The molecule has 2 heteroatoms. The van der Waals surface area contributed by atoms with Crippen molar-refractivity contribution in [3.8, 4) is 33.4 Å². The third kappa shape index (κ3) is 4.99. The number of nitrogen functional groups attached to an aromatic ring is 1. The van der Waals surface area contributed by atoms with Gasteiger partial charge in [-0.05, 0) is 85.6 Å². The first-order valence-corrected chi connectivity index (χ1v) is 15.6. The minimum Gasteiger partial charge on any atom is -0.397 e. The van der Waals surface area contributed by atoms with Crippen LogP contribution in [0.3, 0.4) is 0 Å². The Labute approximate surface area is 260 Å². The van der Waals surface area contributed by atoms with E-state index in [0.29, 0.717) is 0 Å². The van der Waals surface area contributed by atoms with Crippen LogP contribution in [0.5, 0.6) is 0 Å². The fraction of sp³-hybridized carbons (Fsp3) is 0.0952. The minimum atomic E-state index is 0.802. The largest absolute Gasteiger partial charge is 0.397 e. The Hall–Kier alpha value is -5.34. The summed E-state index contributed by atoms with van der Waals surface area (Å²) in [6.45, 7) is 3.15. The first kappa shape index (κ1) is 27.5. The first-order valence-electron chi connectivity index (χ1n) is 15.6. The number of fused-ring (bicyclic) bond motifs is 2. The zero-order chi connectivity index (χ0) is 29.9. The van der Waals surface area contributed by atoms with Crippen LogP contribution in [0.2, 0.25) is 0 Å². The molecule has 0 unspecified atom stereocenters. The summed E-state index contributed by atoms with van der Waals surface area (Å²) >= 11 is 0. The molecular weight excluding hydrogens is 532 g/mol. The van der Waals surface area contributed by atoms with Crippen LogP contribution in [0.1, 0.15) is 19.8 Å². The Morgan fingerprint density at radius 1 is 0.477 bits per heavy atom. The normalized spacial score (nSPS) is 11.2. The molecule has 214 valence electrons. The van der Waals surface area contributed by atoms with Crippen LogP contribution in [0.25, 0.3) is 54.9 Å². The molecule has 44 heavy (non-hydrogen) atoms. The number of nitrogens with zero attached hydrogens (tertiary/aromatic N) is 1. The molecule has 7 rings (SSSR count). The average Bonchev–Trinajstić information content (AvgIpc) is 3.09. The summed E-state index contributed by atoms with van der Waals surface area (Å²) < 4.78 is 0. The highest BCUT2D eigenvalue weighted by Gasteiger charge is 2.19. The topological polar surface area (TPSA) is 29.3 Å². The van der Waals surface area contributed by atoms with Gasteiger partial charge in [-0.3, -0.25) is 0 Å². The molecular formula is C42H36N2. The SMILES string of the molecule is CCCCN(c1ccc(-c2c3ccccc3c(-c3ccccc3-c3ccccc3)c3ccccc23)cc1)c1ccccc1N. The van der Waals surface area contributed by atoms with E-state index in [0.717, 1.165) is 36.4 Å². The van der Waals surface area contributed by atoms with Crippen LogP contribution in [-0.4, -0.2) is 6.54 Å². The molecule has 0 amide bonds. The zero-order valence-corrected chi connectivity index (χ0v) is 25.1. The van der Waals surface area contributed by atoms with Crippen molar-refractivity contribution in [2.45, 2.75) is 19.8 Å². The van der Waals surface area contributed by atoms with Crippen LogP contribution in [0.15, 0.2) is 152 Å². The molecule has 0 radical (unpaired) electrons. The van der Waals surface area contributed by atoms with Gasteiger partial charge in [-0.2, -0.15) is 0 Å². The Morgan fingerprint density at radius 2 is 1.00 bits per heavy atom. The summed E-state index contributed by atoms with van der Waals surface area (Å²) in [6.07, 6.45) is 2.22. The van der Waals surface area contributed by atoms with Gasteiger partial charge in [-0.1, -0.05) is 141 Å². The maximum atomic E-state index is 6.44. The molecule has 0 saturated heterocycles. The number of unbranched alkanes of at least 4 members (excludes halogenated alkanes) is 1. The predicted molar refractivity (Wildman–Crippen MR) is 191 cm³/mol. The third-order valence-corrected chi connectivity index (χ3v) is 8.64. The van der Waals surface area contributed by atoms with Gasteiger partial charge in [0.2, 0.25) is 0 Å². The molecule has 0 saturated carbocycles. The lowest BCUT2D eigenvalue weighted by Gasteiger charge is -2.26. The fourth-order valence-electron chi connectivity index (χ4n) is 6.55. The van der Waals surface area contributed by atoms with Gasteiger partial charge in [0.25, 0.3) is 0 Å². The monoisotopic (exact) mass is 568 g/mol. The van der Waals surface area contributed by atoms with Crippen LogP contribution >= 0.6 is 0 Å². The van der Waals surface area contributed by atoms with Crippen molar-refractivity contribution in [1.29, 1.82) is 0 Å². The minimum absolute atomic E-state index is 0.802. The summed E-state index contributed by atoms with van der Waals surface area (Å²) in [6, 6.07) is 54.5. The van der Waals surface area contributed by atoms with Crippen LogP contribution in [0.4, 0.5) is 17.1 Å². The molecule has 0 fully saturated rings. The van der Waals surface area contributed by atoms with Crippen molar-refractivity contribution in [2.24, 2.45) is 0 Å². The Bertz CT molecular complexity index is 2000. The van der Waals surface area contributed by atoms with Gasteiger partial charge in [-0.15, -0.1) is 0 Å². The predicted octanol–water partition coefficient (Wildman–Crippen LogP) is 11.5. The summed E-state index contributed by atoms with van der Waals surface area (Å²) in [5, 5.41) is 5.03. The van der Waals surface area contributed by atoms with E-state index in [9.17, 15) is 0 Å². The second-order valence-electron chi connectivity index (χ2n) is 11.4. The number of benzene rings is 7. The smallest absolute Gasteiger partial charge is 0.0644 e. The summed E-state index contributed by atoms with van der Waals surface area (Å²) in [7, 11) is 0. The fourth-order valence-corrected chi connectivity index (χ4v) is 6.55.